The van der Waals surface area contributed by atoms with Gasteiger partial charge in [-0.15, -0.1) is 0 Å². The van der Waals surface area contributed by atoms with Gasteiger partial charge in [-0.05, 0) is 61.7 Å². The quantitative estimate of drug-likeness (QED) is 0.525. The molecule has 0 N–H and O–H groups in total. The maximum Gasteiger partial charge on any atom is 0.309 e. The molecule has 0 saturated heterocycles. The van der Waals surface area contributed by atoms with Gasteiger partial charge in [-0.3, -0.25) is 4.79 Å². The fourth-order valence-corrected chi connectivity index (χ4v) is 5.21. The average molecular weight is 306 g/mol. The second-order valence-corrected chi connectivity index (χ2v) is 8.25. The van der Waals surface area contributed by atoms with E-state index in [0.29, 0.717) is 12.5 Å². The Labute approximate surface area is 136 Å². The van der Waals surface area contributed by atoms with E-state index < -0.39 is 0 Å². The van der Waals surface area contributed by atoms with Gasteiger partial charge in [-0.25, -0.2) is 0 Å². The van der Waals surface area contributed by atoms with Gasteiger partial charge in [0.2, 0.25) is 0 Å². The molecule has 4 atom stereocenters. The summed E-state index contributed by atoms with van der Waals surface area (Å²) in [7, 11) is 0. The number of carbonyl (C=O) groups excluding carboxylic acids is 1. The molecule has 2 aliphatic rings. The van der Waals surface area contributed by atoms with E-state index in [1.807, 2.05) is 6.92 Å². The lowest BCUT2D eigenvalue weighted by Crippen LogP contribution is -2.45. The lowest BCUT2D eigenvalue weighted by Gasteiger charge is -2.53. The second-order valence-electron chi connectivity index (χ2n) is 8.25. The molecule has 0 radical (unpaired) electrons. The van der Waals surface area contributed by atoms with Crippen molar-refractivity contribution in [2.24, 2.45) is 35.0 Å². The molecule has 0 aromatic rings. The van der Waals surface area contributed by atoms with Gasteiger partial charge in [0, 0.05) is 0 Å². The zero-order valence-electron chi connectivity index (χ0n) is 15.3. The predicted octanol–water partition coefficient (Wildman–Crippen LogP) is 5.23. The summed E-state index contributed by atoms with van der Waals surface area (Å²) in [5.41, 5.74) is 1.82. The van der Waals surface area contributed by atoms with Gasteiger partial charge >= 0.3 is 5.97 Å². The van der Waals surface area contributed by atoms with Crippen molar-refractivity contribution in [3.8, 4) is 0 Å². The van der Waals surface area contributed by atoms with Crippen molar-refractivity contribution in [1.29, 1.82) is 0 Å². The Morgan fingerprint density at radius 3 is 2.55 bits per heavy atom. The molecule has 2 nitrogen and oxygen atoms in total. The average Bonchev–Trinajstić information content (AvgIpc) is 2.44. The Bertz CT molecular complexity index is 435. The molecule has 126 valence electrons. The van der Waals surface area contributed by atoms with E-state index >= 15 is 0 Å². The Kier molecular flexibility index (Phi) is 5.40. The third kappa shape index (κ3) is 3.12. The van der Waals surface area contributed by atoms with Crippen LogP contribution >= 0.6 is 0 Å². The van der Waals surface area contributed by atoms with Crippen molar-refractivity contribution in [2.75, 3.05) is 6.61 Å². The molecule has 2 unspecified atom stereocenters. The second kappa shape index (κ2) is 6.76. The van der Waals surface area contributed by atoms with Crippen molar-refractivity contribution in [1.82, 2.24) is 0 Å². The first kappa shape index (κ1) is 17.6. The van der Waals surface area contributed by atoms with Crippen molar-refractivity contribution in [3.05, 3.63) is 11.6 Å². The van der Waals surface area contributed by atoms with E-state index in [1.165, 1.54) is 12.0 Å². The number of ether oxygens (including phenoxy) is 1. The van der Waals surface area contributed by atoms with Crippen LogP contribution in [0.3, 0.4) is 0 Å². The molecule has 2 rings (SSSR count). The first-order chi connectivity index (χ1) is 10.3. The molecule has 1 fully saturated rings. The summed E-state index contributed by atoms with van der Waals surface area (Å²) < 4.78 is 5.26. The standard InChI is InChI=1S/C20H34O2/c1-7-22-19(21)15-10-11-20(6)16(12-15)8-9-17(13(2)3)18(20)14(4)5/h8,13-15,17-18H,7,9-12H2,1-6H3/t15-,17?,18?,20-/m0/s1. The highest BCUT2D eigenvalue weighted by Crippen LogP contribution is 2.57. The van der Waals surface area contributed by atoms with Gasteiger partial charge in [-0.2, -0.15) is 0 Å². The van der Waals surface area contributed by atoms with Crippen LogP contribution in [-0.2, 0) is 9.53 Å². The predicted molar refractivity (Wildman–Crippen MR) is 91.4 cm³/mol. The highest BCUT2D eigenvalue weighted by atomic mass is 16.5. The summed E-state index contributed by atoms with van der Waals surface area (Å²) in [6.45, 7) is 14.3. The molecule has 2 aliphatic carbocycles. The monoisotopic (exact) mass is 306 g/mol. The molecule has 0 spiro atoms. The van der Waals surface area contributed by atoms with Gasteiger partial charge in [0.15, 0.2) is 0 Å². The summed E-state index contributed by atoms with van der Waals surface area (Å²) in [4.78, 5) is 12.1. The molecular formula is C20H34O2. The molecule has 0 amide bonds. The highest BCUT2D eigenvalue weighted by Gasteiger charge is 2.49. The van der Waals surface area contributed by atoms with Crippen LogP contribution in [0.4, 0.5) is 0 Å². The third-order valence-electron chi connectivity index (χ3n) is 6.24. The van der Waals surface area contributed by atoms with Crippen LogP contribution in [0.15, 0.2) is 11.6 Å². The lowest BCUT2D eigenvalue weighted by atomic mass is 9.51. The highest BCUT2D eigenvalue weighted by molar-refractivity contribution is 5.73. The molecule has 0 aromatic heterocycles. The molecule has 0 aliphatic heterocycles. The minimum Gasteiger partial charge on any atom is -0.466 e. The van der Waals surface area contributed by atoms with Crippen LogP contribution in [0.25, 0.3) is 0 Å². The molecular weight excluding hydrogens is 272 g/mol. The summed E-state index contributed by atoms with van der Waals surface area (Å²) in [6, 6.07) is 0. The molecule has 0 bridgehead atoms. The van der Waals surface area contributed by atoms with E-state index in [1.54, 1.807) is 0 Å². The Hall–Kier alpha value is -0.790. The van der Waals surface area contributed by atoms with Crippen LogP contribution in [0.5, 0.6) is 0 Å². The molecule has 22 heavy (non-hydrogen) atoms. The number of fused-ring (bicyclic) bond motifs is 1. The smallest absolute Gasteiger partial charge is 0.309 e. The van der Waals surface area contributed by atoms with E-state index in [2.05, 4.69) is 40.7 Å². The number of carbonyl (C=O) groups is 1. The molecule has 0 heterocycles. The summed E-state index contributed by atoms with van der Waals surface area (Å²) in [5, 5.41) is 0. The van der Waals surface area contributed by atoms with Crippen molar-refractivity contribution in [3.63, 3.8) is 0 Å². The van der Waals surface area contributed by atoms with Crippen molar-refractivity contribution >= 4 is 5.97 Å². The van der Waals surface area contributed by atoms with Crippen molar-refractivity contribution in [2.45, 2.75) is 67.2 Å². The van der Waals surface area contributed by atoms with Gasteiger partial charge in [-0.1, -0.05) is 46.3 Å². The van der Waals surface area contributed by atoms with E-state index in [9.17, 15) is 4.79 Å². The van der Waals surface area contributed by atoms with Crippen LogP contribution < -0.4 is 0 Å². The largest absolute Gasteiger partial charge is 0.466 e. The fraction of sp³-hybridized carbons (Fsp3) is 0.850. The minimum absolute atomic E-state index is 0.0116. The maximum absolute atomic E-state index is 12.1. The van der Waals surface area contributed by atoms with Gasteiger partial charge < -0.3 is 4.74 Å². The number of allylic oxidation sites excluding steroid dienone is 2. The third-order valence-corrected chi connectivity index (χ3v) is 6.24. The Balaban J connectivity index is 2.25. The SMILES string of the molecule is CCOC(=O)[C@H]1CC[C@@]2(C)C(=CCC(C(C)C)C2C(C)C)C1. The van der Waals surface area contributed by atoms with Gasteiger partial charge in [0.05, 0.1) is 12.5 Å². The summed E-state index contributed by atoms with van der Waals surface area (Å²) >= 11 is 0. The Morgan fingerprint density at radius 1 is 1.32 bits per heavy atom. The van der Waals surface area contributed by atoms with Crippen molar-refractivity contribution < 1.29 is 9.53 Å². The zero-order chi connectivity index (χ0) is 16.5. The molecule has 0 aromatic carbocycles. The molecule has 1 saturated carbocycles. The summed E-state index contributed by atoms with van der Waals surface area (Å²) in [6.07, 6.45) is 6.69. The first-order valence-corrected chi connectivity index (χ1v) is 9.17. The van der Waals surface area contributed by atoms with Crippen LogP contribution in [0.2, 0.25) is 0 Å². The Morgan fingerprint density at radius 2 is 2.00 bits per heavy atom. The minimum atomic E-state index is 0.0116. The van der Waals surface area contributed by atoms with E-state index in [-0.39, 0.29) is 17.3 Å². The zero-order valence-corrected chi connectivity index (χ0v) is 15.3. The van der Waals surface area contributed by atoms with Crippen LogP contribution in [-0.4, -0.2) is 12.6 Å². The topological polar surface area (TPSA) is 26.3 Å². The lowest BCUT2D eigenvalue weighted by molar-refractivity contribution is -0.149. The number of hydrogen-bond acceptors (Lipinski definition) is 2. The normalized spacial score (nSPS) is 35.3. The number of hydrogen-bond donors (Lipinski definition) is 0. The van der Waals surface area contributed by atoms with E-state index in [0.717, 1.165) is 37.0 Å². The fourth-order valence-electron chi connectivity index (χ4n) is 5.21. The van der Waals surface area contributed by atoms with Crippen LogP contribution in [0, 0.1) is 35.0 Å². The molecule has 2 heteroatoms. The van der Waals surface area contributed by atoms with Gasteiger partial charge in [0.1, 0.15) is 0 Å². The van der Waals surface area contributed by atoms with Gasteiger partial charge in [0.25, 0.3) is 0 Å². The number of esters is 1. The first-order valence-electron chi connectivity index (χ1n) is 9.17. The number of rotatable bonds is 4. The van der Waals surface area contributed by atoms with E-state index in [4.69, 9.17) is 4.74 Å². The maximum atomic E-state index is 12.1. The summed E-state index contributed by atoms with van der Waals surface area (Å²) in [5.74, 6) is 3.02. The van der Waals surface area contributed by atoms with Crippen LogP contribution in [0.1, 0.15) is 67.2 Å².